The van der Waals surface area contributed by atoms with Crippen LogP contribution < -0.4 is 21.9 Å². The van der Waals surface area contributed by atoms with Crippen LogP contribution in [0, 0.1) is 5.82 Å². The highest BCUT2D eigenvalue weighted by molar-refractivity contribution is 5.96. The first-order valence-electron chi connectivity index (χ1n) is 10.1. The first-order valence-corrected chi connectivity index (χ1v) is 10.1. The SMILES string of the molecule is CCCCn1c(N)c(N(CC)C(=O)CN(C)C(C)c2ccc(F)cc2)c(=O)[nH]c1=O. The minimum absolute atomic E-state index is 0.0124. The van der Waals surface area contributed by atoms with Gasteiger partial charge in [-0.2, -0.15) is 0 Å². The fraction of sp³-hybridized carbons (Fsp3) is 0.476. The summed E-state index contributed by atoms with van der Waals surface area (Å²) >= 11 is 0. The molecule has 3 N–H and O–H groups in total. The molecule has 2 rings (SSSR count). The summed E-state index contributed by atoms with van der Waals surface area (Å²) in [5.74, 6) is -0.664. The van der Waals surface area contributed by atoms with E-state index in [1.165, 1.54) is 21.6 Å². The van der Waals surface area contributed by atoms with Crippen molar-refractivity contribution in [1.82, 2.24) is 14.5 Å². The number of hydrogen-bond acceptors (Lipinski definition) is 5. The van der Waals surface area contributed by atoms with Gasteiger partial charge < -0.3 is 10.6 Å². The van der Waals surface area contributed by atoms with Crippen molar-refractivity contribution in [1.29, 1.82) is 0 Å². The molecule has 0 aliphatic rings. The Balaban J connectivity index is 2.28. The van der Waals surface area contributed by atoms with Gasteiger partial charge in [-0.1, -0.05) is 25.5 Å². The Morgan fingerprint density at radius 3 is 2.43 bits per heavy atom. The second-order valence-corrected chi connectivity index (χ2v) is 7.28. The predicted octanol–water partition coefficient (Wildman–Crippen LogP) is 2.10. The zero-order valence-corrected chi connectivity index (χ0v) is 17.9. The van der Waals surface area contributed by atoms with E-state index in [0.717, 1.165) is 12.0 Å². The number of unbranched alkanes of at least 4 members (excludes halogenated alkanes) is 1. The van der Waals surface area contributed by atoms with Crippen LogP contribution >= 0.6 is 0 Å². The fourth-order valence-electron chi connectivity index (χ4n) is 3.27. The van der Waals surface area contributed by atoms with Crippen LogP contribution in [0.1, 0.15) is 45.2 Å². The van der Waals surface area contributed by atoms with Crippen molar-refractivity contribution in [2.45, 2.75) is 46.2 Å². The average Bonchev–Trinajstić information content (AvgIpc) is 2.70. The maximum Gasteiger partial charge on any atom is 0.330 e. The van der Waals surface area contributed by atoms with Crippen LogP contribution in [0.5, 0.6) is 0 Å². The van der Waals surface area contributed by atoms with Gasteiger partial charge >= 0.3 is 5.69 Å². The van der Waals surface area contributed by atoms with E-state index < -0.39 is 11.2 Å². The molecule has 2 aromatic rings. The van der Waals surface area contributed by atoms with E-state index in [4.69, 9.17) is 5.73 Å². The quantitative estimate of drug-likeness (QED) is 0.648. The van der Waals surface area contributed by atoms with Gasteiger partial charge in [0.05, 0.1) is 6.54 Å². The van der Waals surface area contributed by atoms with Crippen LogP contribution in [0.4, 0.5) is 15.9 Å². The highest BCUT2D eigenvalue weighted by Crippen LogP contribution is 2.21. The highest BCUT2D eigenvalue weighted by atomic mass is 19.1. The van der Waals surface area contributed by atoms with Crippen LogP contribution in [0.2, 0.25) is 0 Å². The molecule has 0 aliphatic heterocycles. The van der Waals surface area contributed by atoms with E-state index in [-0.39, 0.29) is 42.4 Å². The number of hydrogen-bond donors (Lipinski definition) is 2. The van der Waals surface area contributed by atoms with Gasteiger partial charge in [-0.15, -0.1) is 0 Å². The fourth-order valence-corrected chi connectivity index (χ4v) is 3.27. The Morgan fingerprint density at radius 2 is 1.87 bits per heavy atom. The monoisotopic (exact) mass is 419 g/mol. The number of carbonyl (C=O) groups is 1. The molecule has 0 saturated heterocycles. The zero-order chi connectivity index (χ0) is 22.4. The number of amides is 1. The topological polar surface area (TPSA) is 104 Å². The maximum absolute atomic E-state index is 13.2. The maximum atomic E-state index is 13.2. The molecular weight excluding hydrogens is 389 g/mol. The van der Waals surface area contributed by atoms with E-state index in [1.807, 2.05) is 13.8 Å². The lowest BCUT2D eigenvalue weighted by Gasteiger charge is -2.28. The molecule has 9 heteroatoms. The number of nitrogens with zero attached hydrogens (tertiary/aromatic N) is 3. The van der Waals surface area contributed by atoms with E-state index in [1.54, 1.807) is 31.0 Å². The number of carbonyl (C=O) groups excluding carboxylic acids is 1. The van der Waals surface area contributed by atoms with Gasteiger partial charge in [0.25, 0.3) is 5.56 Å². The number of H-pyrrole nitrogens is 1. The molecule has 1 unspecified atom stereocenters. The molecular formula is C21H30FN5O3. The van der Waals surface area contributed by atoms with Crippen LogP contribution in [-0.2, 0) is 11.3 Å². The summed E-state index contributed by atoms with van der Waals surface area (Å²) in [6.45, 7) is 6.22. The van der Waals surface area contributed by atoms with Crippen LogP contribution in [0.15, 0.2) is 33.9 Å². The Labute approximate surface area is 175 Å². The molecule has 1 aromatic carbocycles. The second kappa shape index (κ2) is 10.2. The lowest BCUT2D eigenvalue weighted by molar-refractivity contribution is -0.119. The average molecular weight is 420 g/mol. The Kier molecular flexibility index (Phi) is 7.93. The third-order valence-corrected chi connectivity index (χ3v) is 5.23. The molecule has 0 spiro atoms. The molecule has 1 heterocycles. The van der Waals surface area contributed by atoms with Crippen molar-refractivity contribution in [3.8, 4) is 0 Å². The second-order valence-electron chi connectivity index (χ2n) is 7.28. The van der Waals surface area contributed by atoms with Gasteiger partial charge in [0.15, 0.2) is 5.69 Å². The van der Waals surface area contributed by atoms with E-state index in [2.05, 4.69) is 4.98 Å². The van der Waals surface area contributed by atoms with Crippen LogP contribution in [0.25, 0.3) is 0 Å². The van der Waals surface area contributed by atoms with Gasteiger partial charge in [-0.05, 0) is 45.0 Å². The molecule has 1 aromatic heterocycles. The van der Waals surface area contributed by atoms with Crippen molar-refractivity contribution < 1.29 is 9.18 Å². The van der Waals surface area contributed by atoms with Crippen LogP contribution in [0.3, 0.4) is 0 Å². The van der Waals surface area contributed by atoms with Gasteiger partial charge in [0.1, 0.15) is 11.6 Å². The normalized spacial score (nSPS) is 12.2. The molecule has 0 radical (unpaired) electrons. The molecule has 164 valence electrons. The van der Waals surface area contributed by atoms with Crippen molar-refractivity contribution >= 4 is 17.4 Å². The molecule has 0 aliphatic carbocycles. The lowest BCUT2D eigenvalue weighted by Crippen LogP contribution is -2.44. The molecule has 8 nitrogen and oxygen atoms in total. The Morgan fingerprint density at radius 1 is 1.23 bits per heavy atom. The van der Waals surface area contributed by atoms with Crippen LogP contribution in [-0.4, -0.2) is 40.5 Å². The number of aromatic nitrogens is 2. The third kappa shape index (κ3) is 5.15. The molecule has 30 heavy (non-hydrogen) atoms. The number of nitrogen functional groups attached to an aromatic ring is 1. The number of rotatable bonds is 9. The van der Waals surface area contributed by atoms with Crippen molar-refractivity contribution in [2.75, 3.05) is 30.8 Å². The number of anilines is 2. The largest absolute Gasteiger partial charge is 0.383 e. The van der Waals surface area contributed by atoms with Gasteiger partial charge in [0.2, 0.25) is 5.91 Å². The lowest BCUT2D eigenvalue weighted by atomic mass is 10.1. The summed E-state index contributed by atoms with van der Waals surface area (Å²) in [6, 6.07) is 5.94. The van der Waals surface area contributed by atoms with Gasteiger partial charge in [-0.3, -0.25) is 24.0 Å². The standard InChI is InChI=1S/C21H30FN5O3/c1-5-7-12-27-19(23)18(20(29)24-21(27)30)26(6-2)17(28)13-25(4)14(3)15-8-10-16(22)11-9-15/h8-11,14H,5-7,12-13,23H2,1-4H3,(H,24,29,30). The first-order chi connectivity index (χ1) is 14.2. The number of benzene rings is 1. The summed E-state index contributed by atoms with van der Waals surface area (Å²) in [5, 5.41) is 0. The smallest absolute Gasteiger partial charge is 0.330 e. The summed E-state index contributed by atoms with van der Waals surface area (Å²) in [6.07, 6.45) is 1.57. The highest BCUT2D eigenvalue weighted by Gasteiger charge is 2.25. The molecule has 1 amide bonds. The minimum atomic E-state index is -0.685. The number of nitrogens with two attached hydrogens (primary N) is 1. The number of nitrogens with one attached hydrogen (secondary N) is 1. The van der Waals surface area contributed by atoms with Crippen molar-refractivity contribution in [3.05, 3.63) is 56.5 Å². The van der Waals surface area contributed by atoms with E-state index in [9.17, 15) is 18.8 Å². The summed E-state index contributed by atoms with van der Waals surface area (Å²) < 4.78 is 14.5. The minimum Gasteiger partial charge on any atom is -0.383 e. The first kappa shape index (κ1) is 23.3. The molecule has 1 atom stereocenters. The molecule has 0 bridgehead atoms. The van der Waals surface area contributed by atoms with Gasteiger partial charge in [-0.25, -0.2) is 9.18 Å². The molecule has 0 fully saturated rings. The summed E-state index contributed by atoms with van der Waals surface area (Å²) in [7, 11) is 1.77. The van der Waals surface area contributed by atoms with Crippen molar-refractivity contribution in [3.63, 3.8) is 0 Å². The third-order valence-electron chi connectivity index (χ3n) is 5.23. The van der Waals surface area contributed by atoms with Crippen molar-refractivity contribution in [2.24, 2.45) is 0 Å². The summed E-state index contributed by atoms with van der Waals surface area (Å²) in [4.78, 5) is 43.0. The van der Waals surface area contributed by atoms with Gasteiger partial charge in [0, 0.05) is 19.1 Å². The Bertz CT molecular complexity index is 984. The number of aromatic amines is 1. The number of halogens is 1. The molecule has 0 saturated carbocycles. The summed E-state index contributed by atoms with van der Waals surface area (Å²) in [5.41, 5.74) is 5.72. The Hall–Kier alpha value is -2.94. The predicted molar refractivity (Wildman–Crippen MR) is 116 cm³/mol. The van der Waals surface area contributed by atoms with E-state index >= 15 is 0 Å². The van der Waals surface area contributed by atoms with E-state index in [0.29, 0.717) is 13.0 Å². The zero-order valence-electron chi connectivity index (χ0n) is 17.9. The number of likely N-dealkylation sites (N-methyl/N-ethyl adjacent to an activating group) is 2.